The Morgan fingerprint density at radius 1 is 1.08 bits per heavy atom. The Morgan fingerprint density at radius 3 is 1.88 bits per heavy atom. The van der Waals surface area contributed by atoms with Crippen molar-refractivity contribution in [3.8, 4) is 0 Å². The first-order valence-electron chi connectivity index (χ1n) is 7.32. The molecule has 1 heterocycles. The molecule has 1 aliphatic heterocycles. The zero-order chi connectivity index (χ0) is 18.9. The van der Waals surface area contributed by atoms with E-state index in [1.807, 2.05) is 0 Å². The molecule has 1 rings (SSSR count). The number of hydrogen-bond donors (Lipinski definition) is 1. The normalized spacial score (nSPS) is 23.8. The van der Waals surface area contributed by atoms with Crippen LogP contribution in [0.5, 0.6) is 0 Å². The predicted molar refractivity (Wildman–Crippen MR) is 79.5 cm³/mol. The summed E-state index contributed by atoms with van der Waals surface area (Å²) >= 11 is 0. The van der Waals surface area contributed by atoms with Gasteiger partial charge in [0, 0.05) is 0 Å². The first kappa shape index (κ1) is 19.9. The van der Waals surface area contributed by atoms with E-state index in [1.54, 1.807) is 13.8 Å². The molecule has 0 radical (unpaired) electrons. The predicted octanol–water partition coefficient (Wildman–Crippen LogP) is -0.748. The molecule has 0 aliphatic carbocycles. The van der Waals surface area contributed by atoms with Gasteiger partial charge in [0.1, 0.15) is 11.6 Å². The Balaban J connectivity index is 3.75. The Bertz CT molecular complexity index is 538. The fraction of sp³-hybridized carbons (Fsp3) is 0.733. The maximum absolute atomic E-state index is 12.6. The van der Waals surface area contributed by atoms with Crippen LogP contribution in [0.15, 0.2) is 0 Å². The average molecular weight is 345 g/mol. The number of hydrogen-bond acceptors (Lipinski definition) is 8. The van der Waals surface area contributed by atoms with Gasteiger partial charge in [-0.15, -0.1) is 0 Å². The van der Waals surface area contributed by atoms with Gasteiger partial charge >= 0.3 is 17.9 Å². The van der Waals surface area contributed by atoms with Gasteiger partial charge < -0.3 is 24.2 Å². The van der Waals surface area contributed by atoms with Gasteiger partial charge in [0.05, 0.1) is 27.8 Å². The van der Waals surface area contributed by atoms with Crippen molar-refractivity contribution in [3.05, 3.63) is 0 Å². The van der Waals surface area contributed by atoms with Gasteiger partial charge in [-0.3, -0.25) is 4.79 Å². The third-order valence-corrected chi connectivity index (χ3v) is 4.22. The molecule has 0 aromatic rings. The highest BCUT2D eigenvalue weighted by Crippen LogP contribution is 2.44. The van der Waals surface area contributed by atoms with Gasteiger partial charge in [0.15, 0.2) is 0 Å². The van der Waals surface area contributed by atoms with E-state index in [-0.39, 0.29) is 0 Å². The van der Waals surface area contributed by atoms with Crippen LogP contribution in [-0.2, 0) is 33.4 Å². The van der Waals surface area contributed by atoms with Crippen molar-refractivity contribution in [1.82, 2.24) is 4.90 Å². The van der Waals surface area contributed by atoms with Crippen LogP contribution in [0, 0.1) is 5.92 Å². The molecule has 1 unspecified atom stereocenters. The first-order chi connectivity index (χ1) is 11.0. The molecule has 2 atom stereocenters. The van der Waals surface area contributed by atoms with E-state index < -0.39 is 53.3 Å². The SMILES string of the molecule is COC(=O)[C@@H](C(C)C)N1C(=O)CC(C)(O)C1(C(=O)OC)C(=O)OC. The number of carbonyl (C=O) groups is 4. The van der Waals surface area contributed by atoms with Crippen LogP contribution in [0.4, 0.5) is 0 Å². The summed E-state index contributed by atoms with van der Waals surface area (Å²) in [5, 5.41) is 10.7. The molecule has 9 heteroatoms. The Morgan fingerprint density at radius 2 is 1.54 bits per heavy atom. The van der Waals surface area contributed by atoms with Gasteiger partial charge in [-0.25, -0.2) is 14.4 Å². The second-order valence-electron chi connectivity index (χ2n) is 6.12. The number of likely N-dealkylation sites (tertiary alicyclic amines) is 1. The lowest BCUT2D eigenvalue weighted by atomic mass is 9.80. The van der Waals surface area contributed by atoms with Crippen LogP contribution in [0.25, 0.3) is 0 Å². The van der Waals surface area contributed by atoms with Crippen LogP contribution in [0.2, 0.25) is 0 Å². The fourth-order valence-corrected chi connectivity index (χ4v) is 3.13. The molecule has 24 heavy (non-hydrogen) atoms. The Kier molecular flexibility index (Phi) is 5.60. The van der Waals surface area contributed by atoms with Crippen molar-refractivity contribution in [2.45, 2.75) is 44.4 Å². The van der Waals surface area contributed by atoms with Crippen LogP contribution in [0.3, 0.4) is 0 Å². The summed E-state index contributed by atoms with van der Waals surface area (Å²) in [6.45, 7) is 4.37. The lowest BCUT2D eigenvalue weighted by molar-refractivity contribution is -0.191. The maximum Gasteiger partial charge on any atom is 0.346 e. The van der Waals surface area contributed by atoms with Gasteiger partial charge in [-0.05, 0) is 12.8 Å². The minimum atomic E-state index is -2.50. The summed E-state index contributed by atoms with van der Waals surface area (Å²) in [5.41, 5.74) is -4.64. The molecule has 9 nitrogen and oxygen atoms in total. The van der Waals surface area contributed by atoms with Crippen LogP contribution in [0.1, 0.15) is 27.2 Å². The van der Waals surface area contributed by atoms with E-state index in [2.05, 4.69) is 9.47 Å². The maximum atomic E-state index is 12.6. The van der Waals surface area contributed by atoms with E-state index in [1.165, 1.54) is 0 Å². The summed E-state index contributed by atoms with van der Waals surface area (Å²) in [5.74, 6) is -4.49. The van der Waals surface area contributed by atoms with E-state index in [4.69, 9.17) is 4.74 Å². The topological polar surface area (TPSA) is 119 Å². The molecule has 0 spiro atoms. The van der Waals surface area contributed by atoms with Crippen molar-refractivity contribution >= 4 is 23.8 Å². The molecular weight excluding hydrogens is 322 g/mol. The van der Waals surface area contributed by atoms with Crippen molar-refractivity contribution in [1.29, 1.82) is 0 Å². The van der Waals surface area contributed by atoms with Crippen LogP contribution in [-0.4, -0.2) is 72.3 Å². The van der Waals surface area contributed by atoms with Crippen LogP contribution >= 0.6 is 0 Å². The summed E-state index contributed by atoms with van der Waals surface area (Å²) in [6, 6.07) is -1.28. The van der Waals surface area contributed by atoms with E-state index >= 15 is 0 Å². The smallest absolute Gasteiger partial charge is 0.346 e. The molecule has 1 aliphatic rings. The van der Waals surface area contributed by atoms with E-state index in [0.717, 1.165) is 33.2 Å². The number of aliphatic hydroxyl groups is 1. The Labute approximate surface area is 139 Å². The highest BCUT2D eigenvalue weighted by molar-refractivity contribution is 6.13. The zero-order valence-electron chi connectivity index (χ0n) is 14.6. The third kappa shape index (κ3) is 2.62. The Hall–Kier alpha value is -2.16. The van der Waals surface area contributed by atoms with Crippen molar-refractivity contribution in [2.24, 2.45) is 5.92 Å². The van der Waals surface area contributed by atoms with Crippen LogP contribution < -0.4 is 0 Å². The fourth-order valence-electron chi connectivity index (χ4n) is 3.13. The molecule has 1 amide bonds. The first-order valence-corrected chi connectivity index (χ1v) is 7.32. The summed E-state index contributed by atoms with van der Waals surface area (Å²) < 4.78 is 14.0. The number of esters is 3. The number of ether oxygens (including phenoxy) is 3. The van der Waals surface area contributed by atoms with Gasteiger partial charge in [0.2, 0.25) is 5.91 Å². The highest BCUT2D eigenvalue weighted by atomic mass is 16.6. The highest BCUT2D eigenvalue weighted by Gasteiger charge is 2.73. The zero-order valence-corrected chi connectivity index (χ0v) is 14.6. The molecular formula is C15H23NO8. The molecule has 1 saturated heterocycles. The van der Waals surface area contributed by atoms with E-state index in [0.29, 0.717) is 0 Å². The number of carbonyl (C=O) groups excluding carboxylic acids is 4. The number of nitrogens with zero attached hydrogens (tertiary/aromatic N) is 1. The molecule has 1 N–H and O–H groups in total. The minimum Gasteiger partial charge on any atom is -0.467 e. The van der Waals surface area contributed by atoms with Gasteiger partial charge in [-0.1, -0.05) is 13.8 Å². The largest absolute Gasteiger partial charge is 0.467 e. The number of amides is 1. The molecule has 0 saturated carbocycles. The average Bonchev–Trinajstić information content (AvgIpc) is 2.72. The van der Waals surface area contributed by atoms with Gasteiger partial charge in [0.25, 0.3) is 5.54 Å². The molecule has 136 valence electrons. The monoisotopic (exact) mass is 345 g/mol. The van der Waals surface area contributed by atoms with Crippen molar-refractivity contribution in [2.75, 3.05) is 21.3 Å². The second-order valence-corrected chi connectivity index (χ2v) is 6.12. The third-order valence-electron chi connectivity index (χ3n) is 4.22. The minimum absolute atomic E-state index is 0.510. The lowest BCUT2D eigenvalue weighted by Gasteiger charge is -2.43. The molecule has 1 fully saturated rings. The van der Waals surface area contributed by atoms with E-state index in [9.17, 15) is 24.3 Å². The summed E-state index contributed by atoms with van der Waals surface area (Å²) in [6.07, 6.45) is -0.558. The summed E-state index contributed by atoms with van der Waals surface area (Å²) in [7, 11) is 3.13. The van der Waals surface area contributed by atoms with Gasteiger partial charge in [-0.2, -0.15) is 0 Å². The second kappa shape index (κ2) is 6.76. The molecule has 0 aromatic heterocycles. The van der Waals surface area contributed by atoms with Crippen molar-refractivity contribution in [3.63, 3.8) is 0 Å². The molecule has 0 aromatic carbocycles. The van der Waals surface area contributed by atoms with Crippen molar-refractivity contribution < 1.29 is 38.5 Å². The number of methoxy groups -OCH3 is 3. The summed E-state index contributed by atoms with van der Waals surface area (Å²) in [4.78, 5) is 50.5. The molecule has 0 bridgehead atoms. The standard InChI is InChI=1S/C15H23NO8/c1-8(2)10(11(18)22-4)16-9(17)7-14(3,21)15(16,12(19)23-5)13(20)24-6/h8,10,21H,7H2,1-6H3/t10-,14?/m1/s1. The quantitative estimate of drug-likeness (QED) is 0.393. The number of rotatable bonds is 5. The lowest BCUT2D eigenvalue weighted by Crippen LogP contribution is -2.71.